The standard InChI is InChI=1S/C19H23FN4O2S/c1-11(17-12(2)22-23(4)13(17)3)19(26)24-10-27-9-16(24)18(25)21-15-8-6-5-7-14(15)20/h5-8,11,16H,9-10H2,1-4H3,(H,21,25). The highest BCUT2D eigenvalue weighted by atomic mass is 32.2. The van der Waals surface area contributed by atoms with Crippen molar-refractivity contribution in [2.24, 2.45) is 7.05 Å². The molecule has 8 heteroatoms. The molecule has 1 aromatic heterocycles. The Bertz CT molecular complexity index is 883. The van der Waals surface area contributed by atoms with E-state index in [0.717, 1.165) is 17.0 Å². The van der Waals surface area contributed by atoms with Crippen LogP contribution in [0.25, 0.3) is 0 Å². The van der Waals surface area contributed by atoms with E-state index in [1.807, 2.05) is 27.8 Å². The molecule has 27 heavy (non-hydrogen) atoms. The van der Waals surface area contributed by atoms with E-state index in [0.29, 0.717) is 11.6 Å². The van der Waals surface area contributed by atoms with Gasteiger partial charge in [0, 0.05) is 24.1 Å². The third kappa shape index (κ3) is 3.71. The van der Waals surface area contributed by atoms with Gasteiger partial charge in [-0.15, -0.1) is 11.8 Å². The van der Waals surface area contributed by atoms with Crippen LogP contribution in [0.15, 0.2) is 24.3 Å². The summed E-state index contributed by atoms with van der Waals surface area (Å²) in [6.07, 6.45) is 0. The summed E-state index contributed by atoms with van der Waals surface area (Å²) >= 11 is 1.52. The van der Waals surface area contributed by atoms with Crippen LogP contribution in [0, 0.1) is 19.7 Å². The summed E-state index contributed by atoms with van der Waals surface area (Å²) in [5, 5.41) is 6.99. The Labute approximate surface area is 162 Å². The van der Waals surface area contributed by atoms with E-state index >= 15 is 0 Å². The van der Waals surface area contributed by atoms with Crippen LogP contribution in [0.4, 0.5) is 10.1 Å². The fourth-order valence-electron chi connectivity index (χ4n) is 3.44. The van der Waals surface area contributed by atoms with Crippen LogP contribution in [0.1, 0.15) is 29.8 Å². The van der Waals surface area contributed by atoms with E-state index in [1.165, 1.54) is 23.9 Å². The summed E-state index contributed by atoms with van der Waals surface area (Å²) in [7, 11) is 1.85. The molecule has 0 radical (unpaired) electrons. The van der Waals surface area contributed by atoms with Crippen molar-refractivity contribution in [2.45, 2.75) is 32.7 Å². The maximum atomic E-state index is 13.8. The van der Waals surface area contributed by atoms with Crippen molar-refractivity contribution in [1.82, 2.24) is 14.7 Å². The summed E-state index contributed by atoms with van der Waals surface area (Å²) in [6, 6.07) is 5.39. The third-order valence-corrected chi connectivity index (χ3v) is 5.98. The molecule has 144 valence electrons. The van der Waals surface area contributed by atoms with Gasteiger partial charge in [-0.2, -0.15) is 5.10 Å². The van der Waals surface area contributed by atoms with E-state index < -0.39 is 17.8 Å². The lowest BCUT2D eigenvalue weighted by atomic mass is 9.97. The Hall–Kier alpha value is -2.35. The lowest BCUT2D eigenvalue weighted by molar-refractivity contribution is -0.137. The van der Waals surface area contributed by atoms with Crippen LogP contribution in [0.5, 0.6) is 0 Å². The number of rotatable bonds is 4. The zero-order valence-corrected chi connectivity index (χ0v) is 16.6. The van der Waals surface area contributed by atoms with Crippen molar-refractivity contribution in [3.8, 4) is 0 Å². The third-order valence-electron chi connectivity index (χ3n) is 4.97. The fourth-order valence-corrected chi connectivity index (χ4v) is 4.61. The van der Waals surface area contributed by atoms with Gasteiger partial charge < -0.3 is 10.2 Å². The van der Waals surface area contributed by atoms with Gasteiger partial charge in [0.25, 0.3) is 0 Å². The van der Waals surface area contributed by atoms with E-state index in [-0.39, 0.29) is 17.5 Å². The number of carbonyl (C=O) groups excluding carboxylic acids is 2. The van der Waals surface area contributed by atoms with Gasteiger partial charge in [-0.05, 0) is 32.9 Å². The molecule has 2 heterocycles. The zero-order chi connectivity index (χ0) is 19.7. The molecule has 0 bridgehead atoms. The predicted octanol–water partition coefficient (Wildman–Crippen LogP) is 2.82. The van der Waals surface area contributed by atoms with Crippen molar-refractivity contribution in [3.05, 3.63) is 47.0 Å². The molecule has 0 spiro atoms. The van der Waals surface area contributed by atoms with Gasteiger partial charge in [0.2, 0.25) is 11.8 Å². The average Bonchev–Trinajstić information content (AvgIpc) is 3.21. The van der Waals surface area contributed by atoms with Gasteiger partial charge in [0.1, 0.15) is 11.9 Å². The molecule has 0 aliphatic carbocycles. The van der Waals surface area contributed by atoms with Crippen molar-refractivity contribution in [3.63, 3.8) is 0 Å². The van der Waals surface area contributed by atoms with Crippen LogP contribution >= 0.6 is 11.8 Å². The molecule has 1 fully saturated rings. The number of amides is 2. The SMILES string of the molecule is Cc1nn(C)c(C)c1C(C)C(=O)N1CSCC1C(=O)Nc1ccccc1F. The molecule has 1 saturated heterocycles. The summed E-state index contributed by atoms with van der Waals surface area (Å²) in [5.41, 5.74) is 2.77. The fraction of sp³-hybridized carbons (Fsp3) is 0.421. The molecule has 1 N–H and O–H groups in total. The maximum absolute atomic E-state index is 13.8. The van der Waals surface area contributed by atoms with E-state index in [4.69, 9.17) is 0 Å². The first-order valence-corrected chi connectivity index (χ1v) is 9.90. The number of thioether (sulfide) groups is 1. The molecule has 3 rings (SSSR count). The number of aryl methyl sites for hydroxylation is 2. The quantitative estimate of drug-likeness (QED) is 0.872. The first-order chi connectivity index (χ1) is 12.8. The first-order valence-electron chi connectivity index (χ1n) is 8.75. The van der Waals surface area contributed by atoms with Gasteiger partial charge in [-0.25, -0.2) is 4.39 Å². The highest BCUT2D eigenvalue weighted by Crippen LogP contribution is 2.30. The van der Waals surface area contributed by atoms with Gasteiger partial charge in [-0.3, -0.25) is 14.3 Å². The maximum Gasteiger partial charge on any atom is 0.248 e. The highest BCUT2D eigenvalue weighted by molar-refractivity contribution is 7.99. The van der Waals surface area contributed by atoms with Crippen molar-refractivity contribution >= 4 is 29.3 Å². The number of nitrogens with zero attached hydrogens (tertiary/aromatic N) is 3. The van der Waals surface area contributed by atoms with Crippen molar-refractivity contribution in [2.75, 3.05) is 16.9 Å². The first kappa shape index (κ1) is 19.4. The number of benzene rings is 1. The average molecular weight is 390 g/mol. The van der Waals surface area contributed by atoms with E-state index in [9.17, 15) is 14.0 Å². The molecule has 2 atom stereocenters. The van der Waals surface area contributed by atoms with E-state index in [1.54, 1.807) is 21.7 Å². The predicted molar refractivity (Wildman–Crippen MR) is 104 cm³/mol. The van der Waals surface area contributed by atoms with Gasteiger partial charge >= 0.3 is 0 Å². The van der Waals surface area contributed by atoms with Crippen LogP contribution < -0.4 is 5.32 Å². The van der Waals surface area contributed by atoms with Crippen molar-refractivity contribution < 1.29 is 14.0 Å². The molecule has 2 amide bonds. The molecule has 2 aromatic rings. The van der Waals surface area contributed by atoms with Crippen molar-refractivity contribution in [1.29, 1.82) is 0 Å². The normalized spacial score (nSPS) is 17.8. The molecule has 2 unspecified atom stereocenters. The molecule has 1 aliphatic heterocycles. The van der Waals surface area contributed by atoms with Gasteiger partial charge in [-0.1, -0.05) is 12.1 Å². The molecular weight excluding hydrogens is 367 g/mol. The Balaban J connectivity index is 1.78. The molecule has 1 aromatic carbocycles. The smallest absolute Gasteiger partial charge is 0.248 e. The number of para-hydroxylation sites is 1. The van der Waals surface area contributed by atoms with Crippen LogP contribution in [0.2, 0.25) is 0 Å². The van der Waals surface area contributed by atoms with Crippen LogP contribution in [-0.2, 0) is 16.6 Å². The second-order valence-corrected chi connectivity index (χ2v) is 7.72. The second kappa shape index (κ2) is 7.72. The molecule has 6 nitrogen and oxygen atoms in total. The molecule has 1 aliphatic rings. The van der Waals surface area contributed by atoms with Gasteiger partial charge in [0.15, 0.2) is 0 Å². The Morgan fingerprint density at radius 1 is 1.33 bits per heavy atom. The second-order valence-electron chi connectivity index (χ2n) is 6.72. The monoisotopic (exact) mass is 390 g/mol. The number of nitrogens with one attached hydrogen (secondary N) is 1. The minimum atomic E-state index is -0.623. The number of aromatic nitrogens is 2. The van der Waals surface area contributed by atoms with Crippen LogP contribution in [0.3, 0.4) is 0 Å². The molecular formula is C19H23FN4O2S. The summed E-state index contributed by atoms with van der Waals surface area (Å²) in [5.74, 6) is -0.454. The Morgan fingerprint density at radius 3 is 2.67 bits per heavy atom. The van der Waals surface area contributed by atoms with E-state index in [2.05, 4.69) is 10.4 Å². The highest BCUT2D eigenvalue weighted by Gasteiger charge is 2.38. The Kier molecular flexibility index (Phi) is 5.55. The largest absolute Gasteiger partial charge is 0.322 e. The Morgan fingerprint density at radius 2 is 2.04 bits per heavy atom. The minimum absolute atomic E-state index is 0.118. The minimum Gasteiger partial charge on any atom is -0.322 e. The summed E-state index contributed by atoms with van der Waals surface area (Å²) in [6.45, 7) is 5.65. The summed E-state index contributed by atoms with van der Waals surface area (Å²) < 4.78 is 15.6. The number of carbonyl (C=O) groups is 2. The topological polar surface area (TPSA) is 67.2 Å². The molecule has 0 saturated carbocycles. The number of hydrogen-bond donors (Lipinski definition) is 1. The number of halogens is 1. The zero-order valence-electron chi connectivity index (χ0n) is 15.8. The number of anilines is 1. The number of hydrogen-bond acceptors (Lipinski definition) is 4. The lowest BCUT2D eigenvalue weighted by Crippen LogP contribution is -2.46. The lowest BCUT2D eigenvalue weighted by Gasteiger charge is -2.26. The summed E-state index contributed by atoms with van der Waals surface area (Å²) in [4.78, 5) is 27.4. The van der Waals surface area contributed by atoms with Crippen LogP contribution in [-0.4, -0.2) is 44.2 Å². The van der Waals surface area contributed by atoms with Gasteiger partial charge in [0.05, 0.1) is 23.2 Å².